The Balaban J connectivity index is 1.42. The number of aromatic nitrogens is 1. The zero-order chi connectivity index (χ0) is 25.1. The van der Waals surface area contributed by atoms with Crippen LogP contribution in [0, 0.1) is 3.57 Å². The second-order valence-electron chi connectivity index (χ2n) is 7.68. The lowest BCUT2D eigenvalue weighted by molar-refractivity contribution is 0.0700. The largest absolute Gasteiger partial charge is 0.457 e. The molecule has 0 saturated heterocycles. The van der Waals surface area contributed by atoms with E-state index in [0.29, 0.717) is 11.3 Å². The Morgan fingerprint density at radius 2 is 1.86 bits per heavy atom. The molecule has 5 rings (SSSR count). The zero-order valence-electron chi connectivity index (χ0n) is 18.5. The van der Waals surface area contributed by atoms with Crippen LogP contribution in [0.4, 0.5) is 0 Å². The van der Waals surface area contributed by atoms with E-state index < -0.39 is 11.9 Å². The first-order valence-electron chi connectivity index (χ1n) is 10.7. The maximum absolute atomic E-state index is 13.2. The number of benzene rings is 3. The number of carbonyl (C=O) groups is 2. The van der Waals surface area contributed by atoms with Crippen LogP contribution in [0.3, 0.4) is 0 Å². The summed E-state index contributed by atoms with van der Waals surface area (Å²) in [5, 5.41) is 5.08. The summed E-state index contributed by atoms with van der Waals surface area (Å²) in [6.07, 6.45) is 2.81. The SMILES string of the molecule is O=C(Oc1ccc(Br)cc1C=NNC(=O)c1[nH]c2ccc(I)cc2c1-c1ccccc1)c1ccco1. The topological polar surface area (TPSA) is 96.7 Å². The zero-order valence-corrected chi connectivity index (χ0v) is 22.2. The van der Waals surface area contributed by atoms with Crippen molar-refractivity contribution in [3.05, 3.63) is 110 Å². The van der Waals surface area contributed by atoms with Crippen molar-refractivity contribution in [3.63, 3.8) is 0 Å². The molecule has 1 amide bonds. The van der Waals surface area contributed by atoms with Gasteiger partial charge in [0.1, 0.15) is 11.4 Å². The molecule has 0 radical (unpaired) electrons. The van der Waals surface area contributed by atoms with Gasteiger partial charge in [0.2, 0.25) is 5.76 Å². The Bertz CT molecular complexity index is 1590. The summed E-state index contributed by atoms with van der Waals surface area (Å²) in [6.45, 7) is 0. The van der Waals surface area contributed by atoms with Gasteiger partial charge in [-0.3, -0.25) is 4.79 Å². The lowest BCUT2D eigenvalue weighted by atomic mass is 10.0. The summed E-state index contributed by atoms with van der Waals surface area (Å²) in [5.74, 6) is -0.694. The standard InChI is InChI=1S/C27H17BrIN3O4/c28-18-8-11-22(36-27(34)23-7-4-12-35-23)17(13-18)15-30-32-26(33)25-24(16-5-2-1-3-6-16)20-14-19(29)9-10-21(20)31-25/h1-15,31H,(H,32,33). The lowest BCUT2D eigenvalue weighted by Crippen LogP contribution is -2.19. The van der Waals surface area contributed by atoms with E-state index in [2.05, 4.69) is 54.0 Å². The number of amides is 1. The van der Waals surface area contributed by atoms with Crippen LogP contribution in [0.25, 0.3) is 22.0 Å². The summed E-state index contributed by atoms with van der Waals surface area (Å²) >= 11 is 5.66. The predicted octanol–water partition coefficient (Wildman–Crippen LogP) is 6.78. The molecule has 0 aliphatic heterocycles. The molecule has 0 aliphatic rings. The van der Waals surface area contributed by atoms with Crippen molar-refractivity contribution >= 4 is 67.5 Å². The molecule has 3 aromatic carbocycles. The van der Waals surface area contributed by atoms with Crippen LogP contribution in [0.15, 0.2) is 99.1 Å². The van der Waals surface area contributed by atoms with Crippen molar-refractivity contribution in [2.75, 3.05) is 0 Å². The average Bonchev–Trinajstić information content (AvgIpc) is 3.54. The molecule has 0 unspecified atom stereocenters. The minimum Gasteiger partial charge on any atom is -0.457 e. The smallest absolute Gasteiger partial charge is 0.379 e. The molecule has 0 atom stereocenters. The molecule has 9 heteroatoms. The number of hydrogen-bond acceptors (Lipinski definition) is 5. The highest BCUT2D eigenvalue weighted by Crippen LogP contribution is 2.33. The maximum atomic E-state index is 13.2. The number of ether oxygens (including phenoxy) is 1. The molecule has 0 fully saturated rings. The number of esters is 1. The second-order valence-corrected chi connectivity index (χ2v) is 9.84. The summed E-state index contributed by atoms with van der Waals surface area (Å²) in [6, 6.07) is 23.9. The molecule has 7 nitrogen and oxygen atoms in total. The number of hydrazone groups is 1. The normalized spacial score (nSPS) is 11.2. The molecule has 2 heterocycles. The number of carbonyl (C=O) groups excluding carboxylic acids is 2. The van der Waals surface area contributed by atoms with Crippen LogP contribution in [0.1, 0.15) is 26.6 Å². The lowest BCUT2D eigenvalue weighted by Gasteiger charge is -2.07. The van der Waals surface area contributed by atoms with E-state index in [1.807, 2.05) is 48.5 Å². The van der Waals surface area contributed by atoms with Gasteiger partial charge in [-0.15, -0.1) is 0 Å². The highest BCUT2D eigenvalue weighted by atomic mass is 127. The second kappa shape index (κ2) is 10.5. The van der Waals surface area contributed by atoms with Gasteiger partial charge in [-0.25, -0.2) is 10.2 Å². The van der Waals surface area contributed by atoms with Crippen LogP contribution >= 0.6 is 38.5 Å². The highest BCUT2D eigenvalue weighted by Gasteiger charge is 2.19. The third-order valence-corrected chi connectivity index (χ3v) is 6.48. The fourth-order valence-electron chi connectivity index (χ4n) is 3.71. The molecule has 2 N–H and O–H groups in total. The number of halogens is 2. The fraction of sp³-hybridized carbons (Fsp3) is 0. The van der Waals surface area contributed by atoms with Gasteiger partial charge in [-0.2, -0.15) is 5.10 Å². The van der Waals surface area contributed by atoms with Crippen molar-refractivity contribution in [1.82, 2.24) is 10.4 Å². The number of nitrogens with zero attached hydrogens (tertiary/aromatic N) is 1. The molecular weight excluding hydrogens is 637 g/mol. The van der Waals surface area contributed by atoms with Crippen molar-refractivity contribution in [2.45, 2.75) is 0 Å². The quantitative estimate of drug-likeness (QED) is 0.0694. The third-order valence-electron chi connectivity index (χ3n) is 5.32. The van der Waals surface area contributed by atoms with E-state index in [1.165, 1.54) is 18.5 Å². The Labute approximate surface area is 227 Å². The van der Waals surface area contributed by atoms with Gasteiger partial charge in [-0.1, -0.05) is 46.3 Å². The Hall–Kier alpha value is -3.70. The van der Waals surface area contributed by atoms with Gasteiger partial charge in [0.25, 0.3) is 5.91 Å². The summed E-state index contributed by atoms with van der Waals surface area (Å²) < 4.78 is 12.4. The fourth-order valence-corrected chi connectivity index (χ4v) is 4.58. The maximum Gasteiger partial charge on any atom is 0.379 e. The molecule has 0 bridgehead atoms. The molecule has 0 aliphatic carbocycles. The van der Waals surface area contributed by atoms with Crippen molar-refractivity contribution in [2.24, 2.45) is 5.10 Å². The van der Waals surface area contributed by atoms with E-state index in [0.717, 1.165) is 30.1 Å². The number of aromatic amines is 1. The Morgan fingerprint density at radius 3 is 2.64 bits per heavy atom. The van der Waals surface area contributed by atoms with E-state index in [4.69, 9.17) is 9.15 Å². The number of nitrogens with one attached hydrogen (secondary N) is 2. The first-order valence-corrected chi connectivity index (χ1v) is 12.6. The number of rotatable bonds is 6. The van der Waals surface area contributed by atoms with Gasteiger partial charge in [0, 0.05) is 30.1 Å². The van der Waals surface area contributed by atoms with Crippen LogP contribution in [0.2, 0.25) is 0 Å². The minimum atomic E-state index is -0.638. The van der Waals surface area contributed by atoms with Gasteiger partial charge >= 0.3 is 5.97 Å². The van der Waals surface area contributed by atoms with E-state index >= 15 is 0 Å². The van der Waals surface area contributed by atoms with E-state index in [-0.39, 0.29) is 11.5 Å². The monoisotopic (exact) mass is 653 g/mol. The predicted molar refractivity (Wildman–Crippen MR) is 149 cm³/mol. The van der Waals surface area contributed by atoms with Crippen molar-refractivity contribution in [3.8, 4) is 16.9 Å². The molecule has 2 aromatic heterocycles. The van der Waals surface area contributed by atoms with E-state index in [9.17, 15) is 9.59 Å². The first-order chi connectivity index (χ1) is 17.5. The average molecular weight is 654 g/mol. The highest BCUT2D eigenvalue weighted by molar-refractivity contribution is 14.1. The van der Waals surface area contributed by atoms with Crippen LogP contribution in [0.5, 0.6) is 5.75 Å². The van der Waals surface area contributed by atoms with E-state index in [1.54, 1.807) is 24.3 Å². The summed E-state index contributed by atoms with van der Waals surface area (Å²) in [4.78, 5) is 28.7. The number of furan rings is 1. The third kappa shape index (κ3) is 5.12. The van der Waals surface area contributed by atoms with Crippen LogP contribution in [-0.2, 0) is 0 Å². The molecule has 5 aromatic rings. The van der Waals surface area contributed by atoms with Gasteiger partial charge in [0.15, 0.2) is 0 Å². The van der Waals surface area contributed by atoms with Gasteiger partial charge < -0.3 is 14.1 Å². The van der Waals surface area contributed by atoms with Gasteiger partial charge in [0.05, 0.1) is 12.5 Å². The Morgan fingerprint density at radius 1 is 1.03 bits per heavy atom. The number of fused-ring (bicyclic) bond motifs is 1. The number of H-pyrrole nitrogens is 1. The van der Waals surface area contributed by atoms with Crippen LogP contribution in [-0.4, -0.2) is 23.1 Å². The molecular formula is C27H17BrIN3O4. The molecule has 0 spiro atoms. The first kappa shape index (κ1) is 24.0. The molecule has 36 heavy (non-hydrogen) atoms. The molecule has 178 valence electrons. The Kier molecular flexibility index (Phi) is 7.01. The van der Waals surface area contributed by atoms with Crippen molar-refractivity contribution < 1.29 is 18.7 Å². The minimum absolute atomic E-state index is 0.0797. The molecule has 0 saturated carbocycles. The summed E-state index contributed by atoms with van der Waals surface area (Å²) in [5.41, 5.74) is 6.03. The van der Waals surface area contributed by atoms with Crippen molar-refractivity contribution in [1.29, 1.82) is 0 Å². The number of hydrogen-bond donors (Lipinski definition) is 2. The summed E-state index contributed by atoms with van der Waals surface area (Å²) in [7, 11) is 0. The van der Waals surface area contributed by atoms with Gasteiger partial charge in [-0.05, 0) is 76.7 Å². The van der Waals surface area contributed by atoms with Crippen LogP contribution < -0.4 is 10.2 Å².